The van der Waals surface area contributed by atoms with Gasteiger partial charge in [-0.2, -0.15) is 0 Å². The SMILES string of the molecule is O=C(COc1ncnc2c(Cl)cc(Cl)cc12)NCc1ccco1. The van der Waals surface area contributed by atoms with E-state index in [2.05, 4.69) is 15.3 Å². The summed E-state index contributed by atoms with van der Waals surface area (Å²) in [6, 6.07) is 6.73. The highest BCUT2D eigenvalue weighted by atomic mass is 35.5. The number of rotatable bonds is 5. The molecular formula is C15H11Cl2N3O3. The van der Waals surface area contributed by atoms with Gasteiger partial charge in [-0.05, 0) is 24.3 Å². The minimum atomic E-state index is -0.304. The Labute approximate surface area is 141 Å². The number of nitrogens with zero attached hydrogens (tertiary/aromatic N) is 2. The second-order valence-electron chi connectivity index (χ2n) is 4.61. The van der Waals surface area contributed by atoms with Gasteiger partial charge in [-0.3, -0.25) is 4.79 Å². The van der Waals surface area contributed by atoms with E-state index in [-0.39, 0.29) is 24.9 Å². The van der Waals surface area contributed by atoms with E-state index >= 15 is 0 Å². The number of halogens is 2. The highest BCUT2D eigenvalue weighted by Gasteiger charge is 2.11. The van der Waals surface area contributed by atoms with Crippen molar-refractivity contribution in [1.29, 1.82) is 0 Å². The molecule has 0 aliphatic rings. The smallest absolute Gasteiger partial charge is 0.258 e. The van der Waals surface area contributed by atoms with Crippen LogP contribution in [0.1, 0.15) is 5.76 Å². The lowest BCUT2D eigenvalue weighted by atomic mass is 10.2. The summed E-state index contributed by atoms with van der Waals surface area (Å²) >= 11 is 12.1. The Morgan fingerprint density at radius 3 is 2.96 bits per heavy atom. The first-order valence-corrected chi connectivity index (χ1v) is 7.40. The number of aromatic nitrogens is 2. The fourth-order valence-corrected chi connectivity index (χ4v) is 2.51. The van der Waals surface area contributed by atoms with Crippen molar-refractivity contribution in [2.75, 3.05) is 6.61 Å². The Morgan fingerprint density at radius 1 is 1.30 bits per heavy atom. The molecule has 0 aliphatic carbocycles. The van der Waals surface area contributed by atoms with E-state index < -0.39 is 0 Å². The number of furan rings is 1. The van der Waals surface area contributed by atoms with Crippen molar-refractivity contribution in [2.45, 2.75) is 6.54 Å². The van der Waals surface area contributed by atoms with Crippen LogP contribution in [0.5, 0.6) is 5.88 Å². The zero-order chi connectivity index (χ0) is 16.2. The monoisotopic (exact) mass is 351 g/mol. The van der Waals surface area contributed by atoms with E-state index in [4.69, 9.17) is 32.4 Å². The molecule has 0 spiro atoms. The summed E-state index contributed by atoms with van der Waals surface area (Å²) in [6.07, 6.45) is 2.86. The van der Waals surface area contributed by atoms with Crippen molar-refractivity contribution in [3.05, 3.63) is 52.7 Å². The average molecular weight is 352 g/mol. The summed E-state index contributed by atoms with van der Waals surface area (Å²) in [5.41, 5.74) is 0.511. The first-order valence-electron chi connectivity index (χ1n) is 6.65. The molecular weight excluding hydrogens is 341 g/mol. The standard InChI is InChI=1S/C15H11Cl2N3O3/c16-9-4-11-14(12(17)5-9)19-8-20-15(11)23-7-13(21)18-6-10-2-1-3-22-10/h1-5,8H,6-7H2,(H,18,21). The van der Waals surface area contributed by atoms with Crippen LogP contribution in [0.25, 0.3) is 10.9 Å². The van der Waals surface area contributed by atoms with E-state index in [0.29, 0.717) is 26.7 Å². The molecule has 8 heteroatoms. The number of ether oxygens (including phenoxy) is 1. The third-order valence-electron chi connectivity index (χ3n) is 3.00. The summed E-state index contributed by atoms with van der Waals surface area (Å²) in [6.45, 7) is 0.0916. The van der Waals surface area contributed by atoms with Gasteiger partial charge in [0.2, 0.25) is 5.88 Å². The second-order valence-corrected chi connectivity index (χ2v) is 5.45. The lowest BCUT2D eigenvalue weighted by Crippen LogP contribution is -2.28. The molecule has 3 rings (SSSR count). The molecule has 2 aromatic heterocycles. The van der Waals surface area contributed by atoms with Gasteiger partial charge in [0.1, 0.15) is 12.1 Å². The highest BCUT2D eigenvalue weighted by Crippen LogP contribution is 2.30. The maximum Gasteiger partial charge on any atom is 0.258 e. The first-order chi connectivity index (χ1) is 11.1. The van der Waals surface area contributed by atoms with E-state index in [0.717, 1.165) is 0 Å². The molecule has 0 saturated carbocycles. The third-order valence-corrected chi connectivity index (χ3v) is 3.51. The van der Waals surface area contributed by atoms with Crippen LogP contribution in [0, 0.1) is 0 Å². The van der Waals surface area contributed by atoms with Gasteiger partial charge in [0.05, 0.1) is 28.7 Å². The van der Waals surface area contributed by atoms with Crippen LogP contribution >= 0.6 is 23.2 Å². The van der Waals surface area contributed by atoms with E-state index in [1.165, 1.54) is 6.33 Å². The first kappa shape index (κ1) is 15.6. The van der Waals surface area contributed by atoms with Crippen LogP contribution in [0.2, 0.25) is 10.0 Å². The Balaban J connectivity index is 1.68. The van der Waals surface area contributed by atoms with Crippen LogP contribution in [-0.4, -0.2) is 22.5 Å². The van der Waals surface area contributed by atoms with Gasteiger partial charge in [-0.15, -0.1) is 0 Å². The van der Waals surface area contributed by atoms with Crippen molar-refractivity contribution >= 4 is 40.0 Å². The Bertz CT molecular complexity index is 837. The van der Waals surface area contributed by atoms with Crippen LogP contribution in [0.15, 0.2) is 41.3 Å². The van der Waals surface area contributed by atoms with Gasteiger partial charge in [-0.1, -0.05) is 23.2 Å². The minimum absolute atomic E-state index is 0.197. The fraction of sp³-hybridized carbons (Fsp3) is 0.133. The number of carbonyl (C=O) groups excluding carboxylic acids is 1. The molecule has 23 heavy (non-hydrogen) atoms. The number of carbonyl (C=O) groups is 1. The summed E-state index contributed by atoms with van der Waals surface area (Å²) in [7, 11) is 0. The molecule has 1 amide bonds. The van der Waals surface area contributed by atoms with E-state index in [1.54, 1.807) is 30.5 Å². The van der Waals surface area contributed by atoms with Crippen molar-refractivity contribution in [2.24, 2.45) is 0 Å². The quantitative estimate of drug-likeness (QED) is 0.763. The molecule has 6 nitrogen and oxygen atoms in total. The second kappa shape index (κ2) is 6.85. The summed E-state index contributed by atoms with van der Waals surface area (Å²) in [5, 5.41) is 4.04. The van der Waals surface area contributed by atoms with Crippen molar-refractivity contribution in [3.8, 4) is 5.88 Å². The zero-order valence-electron chi connectivity index (χ0n) is 11.8. The molecule has 0 atom stereocenters. The average Bonchev–Trinajstić information content (AvgIpc) is 3.04. The molecule has 2 heterocycles. The summed E-state index contributed by atoms with van der Waals surface area (Å²) < 4.78 is 10.6. The topological polar surface area (TPSA) is 77.2 Å². The number of hydrogen-bond donors (Lipinski definition) is 1. The molecule has 0 radical (unpaired) electrons. The van der Waals surface area contributed by atoms with E-state index in [9.17, 15) is 4.79 Å². The van der Waals surface area contributed by atoms with Gasteiger partial charge >= 0.3 is 0 Å². The summed E-state index contributed by atoms with van der Waals surface area (Å²) in [5.74, 6) is 0.596. The van der Waals surface area contributed by atoms with Gasteiger partial charge in [-0.25, -0.2) is 9.97 Å². The fourth-order valence-electron chi connectivity index (χ4n) is 1.97. The van der Waals surface area contributed by atoms with Crippen molar-refractivity contribution < 1.29 is 13.9 Å². The van der Waals surface area contributed by atoms with Gasteiger partial charge < -0.3 is 14.5 Å². The molecule has 0 aliphatic heterocycles. The van der Waals surface area contributed by atoms with Gasteiger partial charge in [0, 0.05) is 5.02 Å². The molecule has 118 valence electrons. The molecule has 0 unspecified atom stereocenters. The maximum absolute atomic E-state index is 11.8. The van der Waals surface area contributed by atoms with Crippen LogP contribution in [-0.2, 0) is 11.3 Å². The number of fused-ring (bicyclic) bond motifs is 1. The summed E-state index contributed by atoms with van der Waals surface area (Å²) in [4.78, 5) is 19.9. The lowest BCUT2D eigenvalue weighted by Gasteiger charge is -2.09. The predicted molar refractivity (Wildman–Crippen MR) is 85.6 cm³/mol. The lowest BCUT2D eigenvalue weighted by molar-refractivity contribution is -0.123. The van der Waals surface area contributed by atoms with E-state index in [1.807, 2.05) is 0 Å². The number of nitrogens with one attached hydrogen (secondary N) is 1. The number of hydrogen-bond acceptors (Lipinski definition) is 5. The van der Waals surface area contributed by atoms with Crippen molar-refractivity contribution in [3.63, 3.8) is 0 Å². The molecule has 0 fully saturated rings. The number of benzene rings is 1. The normalized spacial score (nSPS) is 10.7. The maximum atomic E-state index is 11.8. The predicted octanol–water partition coefficient (Wildman–Crippen LogP) is 3.22. The van der Waals surface area contributed by atoms with Gasteiger partial charge in [0.25, 0.3) is 5.91 Å². The molecule has 3 aromatic rings. The Hall–Kier alpha value is -2.31. The van der Waals surface area contributed by atoms with Crippen LogP contribution < -0.4 is 10.1 Å². The largest absolute Gasteiger partial charge is 0.467 e. The highest BCUT2D eigenvalue weighted by molar-refractivity contribution is 6.38. The van der Waals surface area contributed by atoms with Crippen molar-refractivity contribution in [1.82, 2.24) is 15.3 Å². The molecule has 0 saturated heterocycles. The Kier molecular flexibility index (Phi) is 4.64. The minimum Gasteiger partial charge on any atom is -0.467 e. The third kappa shape index (κ3) is 3.72. The van der Waals surface area contributed by atoms with Crippen LogP contribution in [0.3, 0.4) is 0 Å². The Morgan fingerprint density at radius 2 is 2.17 bits per heavy atom. The molecule has 0 bridgehead atoms. The molecule has 1 N–H and O–H groups in total. The number of amides is 1. The van der Waals surface area contributed by atoms with Crippen LogP contribution in [0.4, 0.5) is 0 Å². The van der Waals surface area contributed by atoms with Gasteiger partial charge in [0.15, 0.2) is 6.61 Å². The molecule has 1 aromatic carbocycles. The zero-order valence-corrected chi connectivity index (χ0v) is 13.3.